The summed E-state index contributed by atoms with van der Waals surface area (Å²) in [7, 11) is -1.34. The molecule has 0 aliphatic heterocycles. The SMILES string of the molecule is CCOC(=O)C(CCO)/C(I)=C\[Si](C)(C)C. The minimum Gasteiger partial charge on any atom is -0.466 e. The number of aliphatic hydroxyl groups is 1. The second kappa shape index (κ2) is 7.44. The van der Waals surface area contributed by atoms with Crippen LogP contribution in [0.25, 0.3) is 0 Å². The van der Waals surface area contributed by atoms with Crippen LogP contribution in [0, 0.1) is 5.92 Å². The van der Waals surface area contributed by atoms with Crippen LogP contribution in [-0.2, 0) is 9.53 Å². The fraction of sp³-hybridized carbons (Fsp3) is 0.727. The molecule has 94 valence electrons. The molecular formula is C11H21IO3Si. The van der Waals surface area contributed by atoms with E-state index < -0.39 is 8.07 Å². The molecule has 0 aliphatic rings. The van der Waals surface area contributed by atoms with E-state index in [9.17, 15) is 4.79 Å². The molecule has 1 N–H and O–H groups in total. The van der Waals surface area contributed by atoms with Gasteiger partial charge >= 0.3 is 5.97 Å². The topological polar surface area (TPSA) is 46.5 Å². The summed E-state index contributed by atoms with van der Waals surface area (Å²) < 4.78 is 6.02. The van der Waals surface area contributed by atoms with Gasteiger partial charge in [-0.05, 0) is 39.5 Å². The molecule has 0 spiro atoms. The van der Waals surface area contributed by atoms with Crippen LogP contribution in [0.4, 0.5) is 0 Å². The predicted octanol–water partition coefficient (Wildman–Crippen LogP) is 2.74. The normalized spacial score (nSPS) is 14.8. The first-order chi connectivity index (χ1) is 7.31. The highest BCUT2D eigenvalue weighted by Gasteiger charge is 2.24. The molecule has 3 nitrogen and oxygen atoms in total. The van der Waals surface area contributed by atoms with Gasteiger partial charge in [-0.15, -0.1) is 0 Å². The van der Waals surface area contributed by atoms with Crippen molar-refractivity contribution in [2.75, 3.05) is 13.2 Å². The first-order valence-electron chi connectivity index (χ1n) is 5.47. The van der Waals surface area contributed by atoms with Gasteiger partial charge in [0.1, 0.15) is 0 Å². The Morgan fingerprint density at radius 3 is 2.44 bits per heavy atom. The zero-order valence-electron chi connectivity index (χ0n) is 10.4. The van der Waals surface area contributed by atoms with Gasteiger partial charge < -0.3 is 9.84 Å². The minimum atomic E-state index is -1.34. The lowest BCUT2D eigenvalue weighted by molar-refractivity contribution is -0.146. The van der Waals surface area contributed by atoms with Crippen molar-refractivity contribution >= 4 is 36.6 Å². The molecule has 0 fully saturated rings. The molecule has 16 heavy (non-hydrogen) atoms. The third-order valence-electron chi connectivity index (χ3n) is 1.89. The molecule has 0 saturated heterocycles. The van der Waals surface area contributed by atoms with E-state index in [2.05, 4.69) is 47.9 Å². The minimum absolute atomic E-state index is 0.00945. The molecule has 5 heteroatoms. The predicted molar refractivity (Wildman–Crippen MR) is 77.3 cm³/mol. The third kappa shape index (κ3) is 6.65. The van der Waals surface area contributed by atoms with Crippen molar-refractivity contribution in [1.29, 1.82) is 0 Å². The van der Waals surface area contributed by atoms with E-state index in [1.165, 1.54) is 0 Å². The van der Waals surface area contributed by atoms with Gasteiger partial charge in [-0.1, -0.05) is 25.3 Å². The summed E-state index contributed by atoms with van der Waals surface area (Å²) in [6.07, 6.45) is 0.443. The quantitative estimate of drug-likeness (QED) is 0.452. The van der Waals surface area contributed by atoms with Crippen LogP contribution in [0.15, 0.2) is 9.28 Å². The van der Waals surface area contributed by atoms with Crippen molar-refractivity contribution in [2.45, 2.75) is 33.0 Å². The average molecular weight is 356 g/mol. The van der Waals surface area contributed by atoms with Gasteiger partial charge in [0.25, 0.3) is 0 Å². The number of hydrogen-bond donors (Lipinski definition) is 1. The number of ether oxygens (including phenoxy) is 1. The molecule has 0 aromatic carbocycles. The van der Waals surface area contributed by atoms with E-state index in [-0.39, 0.29) is 18.5 Å². The van der Waals surface area contributed by atoms with Crippen molar-refractivity contribution in [2.24, 2.45) is 5.92 Å². The maximum Gasteiger partial charge on any atom is 0.313 e. The van der Waals surface area contributed by atoms with Crippen LogP contribution < -0.4 is 0 Å². The highest BCUT2D eigenvalue weighted by atomic mass is 127. The summed E-state index contributed by atoms with van der Waals surface area (Å²) in [6.45, 7) is 8.84. The smallest absolute Gasteiger partial charge is 0.313 e. The first kappa shape index (κ1) is 16.1. The summed E-state index contributed by atoms with van der Waals surface area (Å²) in [5.74, 6) is -0.521. The zero-order valence-corrected chi connectivity index (χ0v) is 13.6. The zero-order chi connectivity index (χ0) is 12.8. The molecule has 0 aromatic rings. The molecule has 0 aliphatic carbocycles. The van der Waals surface area contributed by atoms with E-state index in [0.29, 0.717) is 13.0 Å². The third-order valence-corrected chi connectivity index (χ3v) is 4.72. The Balaban J connectivity index is 4.77. The summed E-state index contributed by atoms with van der Waals surface area (Å²) in [6, 6.07) is 0. The number of rotatable bonds is 6. The number of hydrogen-bond acceptors (Lipinski definition) is 3. The van der Waals surface area contributed by atoms with Crippen LogP contribution in [0.2, 0.25) is 19.6 Å². The highest BCUT2D eigenvalue weighted by molar-refractivity contribution is 14.1. The molecule has 1 unspecified atom stereocenters. The lowest BCUT2D eigenvalue weighted by Gasteiger charge is -2.17. The van der Waals surface area contributed by atoms with Crippen LogP contribution in [-0.4, -0.2) is 32.4 Å². The monoisotopic (exact) mass is 356 g/mol. The molecule has 0 aromatic heterocycles. The van der Waals surface area contributed by atoms with Crippen LogP contribution in [0.5, 0.6) is 0 Å². The van der Waals surface area contributed by atoms with Crippen LogP contribution >= 0.6 is 22.6 Å². The molecule has 0 radical (unpaired) electrons. The van der Waals surface area contributed by atoms with Gasteiger partial charge in [-0.25, -0.2) is 0 Å². The number of esters is 1. The highest BCUT2D eigenvalue weighted by Crippen LogP contribution is 2.25. The van der Waals surface area contributed by atoms with E-state index in [1.807, 2.05) is 0 Å². The van der Waals surface area contributed by atoms with Crippen molar-refractivity contribution < 1.29 is 14.6 Å². The lowest BCUT2D eigenvalue weighted by atomic mass is 10.1. The Labute approximate surface area is 112 Å². The first-order valence-corrected chi connectivity index (χ1v) is 10.1. The Morgan fingerprint density at radius 2 is 2.06 bits per heavy atom. The molecular weight excluding hydrogens is 335 g/mol. The fourth-order valence-corrected chi connectivity index (χ4v) is 5.65. The second-order valence-electron chi connectivity index (χ2n) is 4.71. The average Bonchev–Trinajstić information content (AvgIpc) is 2.11. The summed E-state index contributed by atoms with van der Waals surface area (Å²) in [4.78, 5) is 11.7. The second-order valence-corrected chi connectivity index (χ2v) is 11.0. The number of carbonyl (C=O) groups excluding carboxylic acids is 1. The van der Waals surface area contributed by atoms with Gasteiger partial charge in [0.15, 0.2) is 0 Å². The van der Waals surface area contributed by atoms with E-state index in [1.54, 1.807) is 6.92 Å². The van der Waals surface area contributed by atoms with Gasteiger partial charge in [0.2, 0.25) is 0 Å². The number of carbonyl (C=O) groups is 1. The fourth-order valence-electron chi connectivity index (χ4n) is 1.25. The molecule has 1 atom stereocenters. The maximum atomic E-state index is 11.7. The van der Waals surface area contributed by atoms with Gasteiger partial charge in [0, 0.05) is 6.61 Å². The van der Waals surface area contributed by atoms with Gasteiger partial charge in [-0.2, -0.15) is 0 Å². The molecule has 0 rings (SSSR count). The Hall–Kier alpha value is 0.117. The molecule has 0 bridgehead atoms. The van der Waals surface area contributed by atoms with Crippen molar-refractivity contribution in [3.63, 3.8) is 0 Å². The van der Waals surface area contributed by atoms with Gasteiger partial charge in [-0.3, -0.25) is 4.79 Å². The van der Waals surface area contributed by atoms with Crippen molar-refractivity contribution in [3.8, 4) is 0 Å². The Kier molecular flexibility index (Phi) is 7.50. The summed E-state index contributed by atoms with van der Waals surface area (Å²) in [5, 5.41) is 8.97. The molecule has 0 saturated carbocycles. The number of halogens is 1. The van der Waals surface area contributed by atoms with Crippen molar-refractivity contribution in [1.82, 2.24) is 0 Å². The van der Waals surface area contributed by atoms with Crippen molar-refractivity contribution in [3.05, 3.63) is 9.28 Å². The Morgan fingerprint density at radius 1 is 1.50 bits per heavy atom. The maximum absolute atomic E-state index is 11.7. The van der Waals surface area contributed by atoms with Crippen LogP contribution in [0.3, 0.4) is 0 Å². The molecule has 0 heterocycles. The van der Waals surface area contributed by atoms with Gasteiger partial charge in [0.05, 0.1) is 20.6 Å². The van der Waals surface area contributed by atoms with E-state index in [0.717, 1.165) is 3.58 Å². The summed E-state index contributed by atoms with van der Waals surface area (Å²) in [5.41, 5.74) is 2.19. The van der Waals surface area contributed by atoms with E-state index >= 15 is 0 Å². The lowest BCUT2D eigenvalue weighted by Crippen LogP contribution is -2.23. The largest absolute Gasteiger partial charge is 0.466 e. The number of aliphatic hydroxyl groups excluding tert-OH is 1. The Bertz CT molecular complexity index is 258. The standard InChI is InChI=1S/C11H21IO3Si/c1-5-15-11(14)9(6-7-13)10(12)8-16(2,3)4/h8-9,13H,5-7H2,1-4H3/b10-8+. The summed E-state index contributed by atoms with van der Waals surface area (Å²) >= 11 is 2.19. The van der Waals surface area contributed by atoms with E-state index in [4.69, 9.17) is 9.84 Å². The van der Waals surface area contributed by atoms with Crippen LogP contribution in [0.1, 0.15) is 13.3 Å². The molecule has 0 amide bonds.